The highest BCUT2D eigenvalue weighted by molar-refractivity contribution is 5.91. The fourth-order valence-electron chi connectivity index (χ4n) is 1.86. The van der Waals surface area contributed by atoms with E-state index in [1.165, 1.54) is 6.42 Å². The first-order valence-electron chi connectivity index (χ1n) is 5.10. The van der Waals surface area contributed by atoms with Gasteiger partial charge in [0.2, 0.25) is 0 Å². The van der Waals surface area contributed by atoms with Gasteiger partial charge in [-0.3, -0.25) is 9.69 Å². The number of likely N-dealkylation sites (tertiary alicyclic amines) is 1. The molecule has 3 heteroatoms. The molecule has 1 atom stereocenters. The Morgan fingerprint density at radius 1 is 1.50 bits per heavy atom. The minimum Gasteiger partial charge on any atom is -0.303 e. The van der Waals surface area contributed by atoms with Crippen molar-refractivity contribution in [2.24, 2.45) is 0 Å². The number of piperidine rings is 1. The summed E-state index contributed by atoms with van der Waals surface area (Å²) in [6.07, 6.45) is 6.04. The van der Waals surface area contributed by atoms with Crippen LogP contribution in [0.2, 0.25) is 0 Å². The van der Waals surface area contributed by atoms with E-state index >= 15 is 0 Å². The molecular weight excluding hydrogens is 178 g/mol. The minimum atomic E-state index is 0.00810. The van der Waals surface area contributed by atoms with Crippen molar-refractivity contribution in [2.75, 3.05) is 13.1 Å². The minimum absolute atomic E-state index is 0.00810. The van der Waals surface area contributed by atoms with E-state index in [-0.39, 0.29) is 12.2 Å². The van der Waals surface area contributed by atoms with Crippen molar-refractivity contribution < 1.29 is 9.59 Å². The van der Waals surface area contributed by atoms with E-state index in [0.29, 0.717) is 18.9 Å². The fourth-order valence-corrected chi connectivity index (χ4v) is 1.86. The number of nitrogens with zero attached hydrogens (tertiary/aromatic N) is 1. The van der Waals surface area contributed by atoms with Crippen LogP contribution in [0.4, 0.5) is 0 Å². The van der Waals surface area contributed by atoms with Gasteiger partial charge in [0, 0.05) is 6.04 Å². The summed E-state index contributed by atoms with van der Waals surface area (Å²) in [5.74, 6) is 0.00810. The van der Waals surface area contributed by atoms with Crippen LogP contribution in [0, 0.1) is 0 Å². The molecule has 0 radical (unpaired) electrons. The molecular formula is C11H17NO2. The number of hydrogen-bond donors (Lipinski definition) is 0. The van der Waals surface area contributed by atoms with Crippen LogP contribution in [0.3, 0.4) is 0 Å². The van der Waals surface area contributed by atoms with E-state index in [4.69, 9.17) is 0 Å². The van der Waals surface area contributed by atoms with Crippen LogP contribution in [0.25, 0.3) is 0 Å². The van der Waals surface area contributed by atoms with Gasteiger partial charge >= 0.3 is 0 Å². The predicted molar refractivity (Wildman–Crippen MR) is 55.1 cm³/mol. The summed E-state index contributed by atoms with van der Waals surface area (Å²) in [6.45, 7) is 5.11. The van der Waals surface area contributed by atoms with E-state index in [2.05, 4.69) is 11.5 Å². The van der Waals surface area contributed by atoms with Crippen LogP contribution in [0.15, 0.2) is 12.7 Å². The lowest BCUT2D eigenvalue weighted by Gasteiger charge is -2.32. The van der Waals surface area contributed by atoms with E-state index in [0.717, 1.165) is 19.4 Å². The van der Waals surface area contributed by atoms with Crippen molar-refractivity contribution in [1.82, 2.24) is 4.90 Å². The number of aldehydes is 1. The molecule has 1 saturated heterocycles. The molecule has 0 spiro atoms. The van der Waals surface area contributed by atoms with Crippen molar-refractivity contribution in [3.8, 4) is 0 Å². The summed E-state index contributed by atoms with van der Waals surface area (Å²) < 4.78 is 0. The molecule has 1 rings (SSSR count). The van der Waals surface area contributed by atoms with Crippen LogP contribution < -0.4 is 0 Å². The third-order valence-corrected chi connectivity index (χ3v) is 2.63. The molecule has 0 N–H and O–H groups in total. The van der Waals surface area contributed by atoms with Gasteiger partial charge in [-0.15, -0.1) is 6.58 Å². The molecule has 1 aliphatic heterocycles. The van der Waals surface area contributed by atoms with Gasteiger partial charge in [0.15, 0.2) is 5.78 Å². The number of hydrogen-bond acceptors (Lipinski definition) is 3. The summed E-state index contributed by atoms with van der Waals surface area (Å²) in [4.78, 5) is 23.5. The van der Waals surface area contributed by atoms with E-state index < -0.39 is 0 Å². The van der Waals surface area contributed by atoms with Crippen LogP contribution >= 0.6 is 0 Å². The van der Waals surface area contributed by atoms with Gasteiger partial charge in [-0.05, 0) is 19.4 Å². The fraction of sp³-hybridized carbons (Fsp3) is 0.636. The first-order valence-corrected chi connectivity index (χ1v) is 5.10. The molecule has 1 heterocycles. The quantitative estimate of drug-likeness (QED) is 0.375. The maximum atomic E-state index is 11.3. The van der Waals surface area contributed by atoms with E-state index in [1.54, 1.807) is 0 Å². The Morgan fingerprint density at radius 2 is 2.29 bits per heavy atom. The number of carbonyl (C=O) groups excluding carboxylic acids is 2. The zero-order valence-electron chi connectivity index (χ0n) is 8.45. The van der Waals surface area contributed by atoms with Crippen molar-refractivity contribution in [2.45, 2.75) is 31.7 Å². The molecule has 0 aromatic rings. The van der Waals surface area contributed by atoms with Gasteiger partial charge in [-0.1, -0.05) is 12.5 Å². The molecule has 0 aromatic heterocycles. The third-order valence-electron chi connectivity index (χ3n) is 2.63. The Kier molecular flexibility index (Phi) is 4.53. The highest BCUT2D eigenvalue weighted by atomic mass is 16.1. The highest BCUT2D eigenvalue weighted by Crippen LogP contribution is 2.17. The lowest BCUT2D eigenvalue weighted by molar-refractivity contribution is -0.123. The van der Waals surface area contributed by atoms with Gasteiger partial charge in [0.05, 0.1) is 13.0 Å². The molecule has 3 nitrogen and oxygen atoms in total. The number of rotatable bonds is 5. The lowest BCUT2D eigenvalue weighted by atomic mass is 10.0. The molecule has 1 aliphatic rings. The molecule has 0 saturated carbocycles. The largest absolute Gasteiger partial charge is 0.303 e. The van der Waals surface area contributed by atoms with Gasteiger partial charge in [0.25, 0.3) is 0 Å². The normalized spacial score (nSPS) is 23.0. The van der Waals surface area contributed by atoms with Crippen molar-refractivity contribution in [3.05, 3.63) is 12.7 Å². The molecule has 0 bridgehead atoms. The van der Waals surface area contributed by atoms with E-state index in [9.17, 15) is 9.59 Å². The second-order valence-corrected chi connectivity index (χ2v) is 3.68. The molecule has 0 aliphatic carbocycles. The lowest BCUT2D eigenvalue weighted by Crippen LogP contribution is -2.41. The van der Waals surface area contributed by atoms with Crippen molar-refractivity contribution in [1.29, 1.82) is 0 Å². The van der Waals surface area contributed by atoms with Gasteiger partial charge in [-0.25, -0.2) is 0 Å². The highest BCUT2D eigenvalue weighted by Gasteiger charge is 2.21. The summed E-state index contributed by atoms with van der Waals surface area (Å²) >= 11 is 0. The van der Waals surface area contributed by atoms with Crippen LogP contribution in [0.5, 0.6) is 0 Å². The Labute approximate surface area is 84.8 Å². The molecule has 78 valence electrons. The monoisotopic (exact) mass is 195 g/mol. The van der Waals surface area contributed by atoms with Crippen LogP contribution in [-0.4, -0.2) is 36.1 Å². The summed E-state index contributed by atoms with van der Waals surface area (Å²) in [5, 5.41) is 0. The number of Topliss-reactive ketones (excluding diaryl/α,β-unsaturated/α-hetero) is 1. The first kappa shape index (κ1) is 11.1. The topological polar surface area (TPSA) is 37.4 Å². The van der Waals surface area contributed by atoms with Gasteiger partial charge in [0.1, 0.15) is 6.29 Å². The molecule has 1 fully saturated rings. The second kappa shape index (κ2) is 5.70. The summed E-state index contributed by atoms with van der Waals surface area (Å²) in [7, 11) is 0. The SMILES string of the molecule is C=CC1CCCCN1CC(=O)CC=O. The zero-order valence-corrected chi connectivity index (χ0v) is 8.45. The van der Waals surface area contributed by atoms with Gasteiger partial charge < -0.3 is 4.79 Å². The first-order chi connectivity index (χ1) is 6.77. The van der Waals surface area contributed by atoms with Crippen molar-refractivity contribution in [3.63, 3.8) is 0 Å². The van der Waals surface area contributed by atoms with Crippen molar-refractivity contribution >= 4 is 12.1 Å². The van der Waals surface area contributed by atoms with Crippen LogP contribution in [-0.2, 0) is 9.59 Å². The predicted octanol–water partition coefficient (Wildman–Crippen LogP) is 1.19. The smallest absolute Gasteiger partial charge is 0.153 e. The standard InChI is InChI=1S/C11H17NO2/c1-2-10-5-3-4-7-12(10)9-11(14)6-8-13/h2,8,10H,1,3-7,9H2. The Balaban J connectivity index is 2.43. The maximum Gasteiger partial charge on any atom is 0.153 e. The number of ketones is 1. The Bertz CT molecular complexity index is 225. The second-order valence-electron chi connectivity index (χ2n) is 3.68. The molecule has 0 aromatic carbocycles. The zero-order chi connectivity index (χ0) is 10.4. The third kappa shape index (κ3) is 3.07. The Hall–Kier alpha value is -0.960. The average Bonchev–Trinajstić information content (AvgIpc) is 2.19. The number of carbonyl (C=O) groups is 2. The molecule has 14 heavy (non-hydrogen) atoms. The average molecular weight is 195 g/mol. The summed E-state index contributed by atoms with van der Waals surface area (Å²) in [5.41, 5.74) is 0. The van der Waals surface area contributed by atoms with E-state index in [1.807, 2.05) is 6.08 Å². The Morgan fingerprint density at radius 3 is 2.93 bits per heavy atom. The van der Waals surface area contributed by atoms with Gasteiger partial charge in [-0.2, -0.15) is 0 Å². The summed E-state index contributed by atoms with van der Waals surface area (Å²) in [6, 6.07) is 0.319. The maximum absolute atomic E-state index is 11.3. The molecule has 1 unspecified atom stereocenters. The molecule has 0 amide bonds. The van der Waals surface area contributed by atoms with Crippen LogP contribution in [0.1, 0.15) is 25.7 Å².